The van der Waals surface area contributed by atoms with Crippen molar-refractivity contribution in [3.8, 4) is 23.0 Å². The molecule has 0 aliphatic heterocycles. The summed E-state index contributed by atoms with van der Waals surface area (Å²) in [5.74, 6) is 0.370. The number of halogens is 1. The maximum atomic E-state index is 14.3. The van der Waals surface area contributed by atoms with Gasteiger partial charge in [0.25, 0.3) is 11.8 Å². The number of anilines is 1. The summed E-state index contributed by atoms with van der Waals surface area (Å²) < 4.78 is 24.8. The molecular weight excluding hydrogens is 439 g/mol. The summed E-state index contributed by atoms with van der Waals surface area (Å²) in [6, 6.07) is 10.7. The van der Waals surface area contributed by atoms with Gasteiger partial charge in [0, 0.05) is 25.0 Å². The first-order valence-corrected chi connectivity index (χ1v) is 10.5. The van der Waals surface area contributed by atoms with Gasteiger partial charge in [-0.05, 0) is 24.1 Å². The van der Waals surface area contributed by atoms with E-state index in [0.717, 1.165) is 11.8 Å². The lowest BCUT2D eigenvalue weighted by molar-refractivity contribution is 0.0960. The van der Waals surface area contributed by atoms with Crippen molar-refractivity contribution in [2.45, 2.75) is 6.42 Å². The summed E-state index contributed by atoms with van der Waals surface area (Å²) in [6.07, 6.45) is 3.11. The smallest absolute Gasteiger partial charge is 0.257 e. The second kappa shape index (κ2) is 10.1. The summed E-state index contributed by atoms with van der Waals surface area (Å²) in [7, 11) is 4.54. The van der Waals surface area contributed by atoms with Gasteiger partial charge in [0.1, 0.15) is 12.1 Å². The van der Waals surface area contributed by atoms with Crippen LogP contribution < -0.4 is 20.1 Å². The zero-order valence-electron chi connectivity index (χ0n) is 18.9. The molecule has 174 valence electrons. The molecule has 10 heteroatoms. The van der Waals surface area contributed by atoms with Gasteiger partial charge in [-0.15, -0.1) is 0 Å². The molecule has 4 rings (SSSR count). The molecule has 0 atom stereocenters. The Bertz CT molecular complexity index is 1350. The van der Waals surface area contributed by atoms with Gasteiger partial charge < -0.3 is 20.1 Å². The van der Waals surface area contributed by atoms with Crippen molar-refractivity contribution in [2.24, 2.45) is 0 Å². The molecule has 9 nitrogen and oxygen atoms in total. The Hall–Kier alpha value is -4.34. The summed E-state index contributed by atoms with van der Waals surface area (Å²) in [6.45, 7) is 0.531. The molecule has 0 unspecified atom stereocenters. The SMILES string of the molecule is CNC(=O)c1c(F)cnc2c(CCNc3cc(-c4ccc(OC)c(OC)n4)ncn3)cccc12. The Morgan fingerprint density at radius 1 is 1.06 bits per heavy atom. The van der Waals surface area contributed by atoms with Crippen molar-refractivity contribution in [3.05, 3.63) is 65.9 Å². The van der Waals surface area contributed by atoms with Gasteiger partial charge in [0.05, 0.1) is 42.9 Å². The normalized spacial score (nSPS) is 10.7. The summed E-state index contributed by atoms with van der Waals surface area (Å²) in [4.78, 5) is 29.4. The molecule has 0 aliphatic rings. The van der Waals surface area contributed by atoms with Gasteiger partial charge in [-0.3, -0.25) is 9.78 Å². The summed E-state index contributed by atoms with van der Waals surface area (Å²) >= 11 is 0. The molecule has 0 saturated heterocycles. The van der Waals surface area contributed by atoms with Gasteiger partial charge in [-0.1, -0.05) is 18.2 Å². The number of rotatable bonds is 8. The van der Waals surface area contributed by atoms with Crippen LogP contribution in [-0.2, 0) is 6.42 Å². The monoisotopic (exact) mass is 462 g/mol. The lowest BCUT2D eigenvalue weighted by Crippen LogP contribution is -2.20. The Kier molecular flexibility index (Phi) is 6.77. The molecule has 4 aromatic rings. The van der Waals surface area contributed by atoms with Crippen molar-refractivity contribution < 1.29 is 18.7 Å². The summed E-state index contributed by atoms with van der Waals surface area (Å²) in [5.41, 5.74) is 2.69. The predicted molar refractivity (Wildman–Crippen MR) is 126 cm³/mol. The maximum absolute atomic E-state index is 14.3. The number of pyridine rings is 2. The van der Waals surface area contributed by atoms with Gasteiger partial charge in [0.2, 0.25) is 0 Å². The molecule has 1 amide bonds. The second-order valence-corrected chi connectivity index (χ2v) is 7.25. The standard InChI is InChI=1S/C24H23FN6O3/c1-26-23(32)21-15-6-4-5-14(22(15)28-12-16(21)25)9-10-27-20-11-18(29-13-30-20)17-7-8-19(33-2)24(31-17)34-3/h4-8,11-13H,9-10H2,1-3H3,(H,26,32)(H,27,29,30). The molecule has 0 aliphatic carbocycles. The number of amides is 1. The minimum Gasteiger partial charge on any atom is -0.491 e. The maximum Gasteiger partial charge on any atom is 0.257 e. The van der Waals surface area contributed by atoms with Crippen LogP contribution in [0.15, 0.2) is 48.9 Å². The van der Waals surface area contributed by atoms with E-state index in [0.29, 0.717) is 52.7 Å². The number of hydrogen-bond donors (Lipinski definition) is 2. The van der Waals surface area contributed by atoms with Gasteiger partial charge >= 0.3 is 0 Å². The van der Waals surface area contributed by atoms with Gasteiger partial charge in [-0.25, -0.2) is 19.3 Å². The Balaban J connectivity index is 1.52. The van der Waals surface area contributed by atoms with Crippen LogP contribution in [0.2, 0.25) is 0 Å². The molecule has 0 spiro atoms. The van der Waals surface area contributed by atoms with E-state index >= 15 is 0 Å². The van der Waals surface area contributed by atoms with E-state index in [9.17, 15) is 9.18 Å². The fourth-order valence-electron chi connectivity index (χ4n) is 3.61. The third-order valence-corrected chi connectivity index (χ3v) is 5.26. The number of ether oxygens (including phenoxy) is 2. The van der Waals surface area contributed by atoms with Crippen LogP contribution in [0, 0.1) is 5.82 Å². The number of nitrogens with one attached hydrogen (secondary N) is 2. The zero-order chi connectivity index (χ0) is 24.1. The quantitative estimate of drug-likeness (QED) is 0.411. The Labute approximate surface area is 195 Å². The molecule has 0 bridgehead atoms. The molecule has 3 heterocycles. The van der Waals surface area contributed by atoms with Gasteiger partial charge in [-0.2, -0.15) is 0 Å². The number of para-hydroxylation sites is 1. The van der Waals surface area contributed by atoms with Crippen LogP contribution in [0.5, 0.6) is 11.6 Å². The first-order chi connectivity index (χ1) is 16.5. The second-order valence-electron chi connectivity index (χ2n) is 7.25. The van der Waals surface area contributed by atoms with Crippen molar-refractivity contribution >= 4 is 22.6 Å². The predicted octanol–water partition coefficient (Wildman–Crippen LogP) is 3.26. The zero-order valence-corrected chi connectivity index (χ0v) is 18.9. The van der Waals surface area contributed by atoms with Crippen LogP contribution in [0.3, 0.4) is 0 Å². The number of carbonyl (C=O) groups is 1. The molecule has 3 aromatic heterocycles. The van der Waals surface area contributed by atoms with Crippen LogP contribution >= 0.6 is 0 Å². The van der Waals surface area contributed by atoms with Crippen molar-refractivity contribution in [1.29, 1.82) is 0 Å². The van der Waals surface area contributed by atoms with E-state index in [4.69, 9.17) is 9.47 Å². The minimum absolute atomic E-state index is 0.00910. The molecule has 0 radical (unpaired) electrons. The number of nitrogens with zero attached hydrogens (tertiary/aromatic N) is 4. The Morgan fingerprint density at radius 3 is 2.68 bits per heavy atom. The van der Waals surface area contributed by atoms with E-state index in [1.54, 1.807) is 37.4 Å². The highest BCUT2D eigenvalue weighted by Gasteiger charge is 2.17. The number of benzene rings is 1. The third kappa shape index (κ3) is 4.56. The van der Waals surface area contributed by atoms with Crippen LogP contribution in [0.25, 0.3) is 22.3 Å². The molecule has 1 aromatic carbocycles. The van der Waals surface area contributed by atoms with E-state index in [1.807, 2.05) is 6.07 Å². The lowest BCUT2D eigenvalue weighted by atomic mass is 10.0. The highest BCUT2D eigenvalue weighted by molar-refractivity contribution is 6.06. The highest BCUT2D eigenvalue weighted by atomic mass is 19.1. The van der Waals surface area contributed by atoms with Gasteiger partial charge in [0.15, 0.2) is 11.6 Å². The first kappa shape index (κ1) is 22.8. The fourth-order valence-corrected chi connectivity index (χ4v) is 3.61. The molecule has 0 saturated carbocycles. The number of methoxy groups -OCH3 is 2. The lowest BCUT2D eigenvalue weighted by Gasteiger charge is -2.11. The molecule has 0 fully saturated rings. The Morgan fingerprint density at radius 2 is 1.91 bits per heavy atom. The van der Waals surface area contributed by atoms with Crippen molar-refractivity contribution in [3.63, 3.8) is 0 Å². The fraction of sp³-hybridized carbons (Fsp3) is 0.208. The minimum atomic E-state index is -0.653. The van der Waals surface area contributed by atoms with E-state index in [2.05, 4.69) is 30.6 Å². The highest BCUT2D eigenvalue weighted by Crippen LogP contribution is 2.28. The average molecular weight is 462 g/mol. The topological polar surface area (TPSA) is 111 Å². The molecule has 34 heavy (non-hydrogen) atoms. The van der Waals surface area contributed by atoms with E-state index in [1.165, 1.54) is 20.5 Å². The number of hydrogen-bond acceptors (Lipinski definition) is 8. The number of carbonyl (C=O) groups excluding carboxylic acids is 1. The van der Waals surface area contributed by atoms with E-state index in [-0.39, 0.29) is 5.56 Å². The molecule has 2 N–H and O–H groups in total. The van der Waals surface area contributed by atoms with Crippen LogP contribution in [0.1, 0.15) is 15.9 Å². The van der Waals surface area contributed by atoms with Crippen molar-refractivity contribution in [2.75, 3.05) is 33.1 Å². The van der Waals surface area contributed by atoms with E-state index < -0.39 is 11.7 Å². The number of aromatic nitrogens is 4. The molecular formula is C24H23FN6O3. The third-order valence-electron chi connectivity index (χ3n) is 5.26. The average Bonchev–Trinajstić information content (AvgIpc) is 2.88. The number of fused-ring (bicyclic) bond motifs is 1. The van der Waals surface area contributed by atoms with Crippen LogP contribution in [0.4, 0.5) is 10.2 Å². The van der Waals surface area contributed by atoms with Crippen LogP contribution in [-0.4, -0.2) is 53.7 Å². The largest absolute Gasteiger partial charge is 0.491 e. The summed E-state index contributed by atoms with van der Waals surface area (Å²) in [5, 5.41) is 6.21. The first-order valence-electron chi connectivity index (χ1n) is 10.5. The van der Waals surface area contributed by atoms with Crippen molar-refractivity contribution in [1.82, 2.24) is 25.3 Å².